The largest absolute Gasteiger partial charge is 0.456 e. The Bertz CT molecular complexity index is 2960. The van der Waals surface area contributed by atoms with E-state index in [1.807, 2.05) is 6.20 Å². The molecule has 4 heterocycles. The van der Waals surface area contributed by atoms with Crippen LogP contribution in [0, 0.1) is 20.8 Å². The number of aryl methyl sites for hydroxylation is 3. The molecule has 6 heteroatoms. The third-order valence-corrected chi connectivity index (χ3v) is 12.3. The number of hydrogen-bond donors (Lipinski definition) is 0. The zero-order valence-electron chi connectivity index (χ0n) is 32.0. The summed E-state index contributed by atoms with van der Waals surface area (Å²) in [5, 5.41) is 4.89. The number of anilines is 4. The SMILES string of the molecule is Cc1cc(C)c(N2CN(c3cccc(Oc4cc5c(c6ccccc6n5-c5cc(C(C)(C)C)ccn5)c5c4sc4ccccc45)c3)c3ccccc32)c(C)c1. The first-order valence-electron chi connectivity index (χ1n) is 19.0. The van der Waals surface area contributed by atoms with E-state index < -0.39 is 0 Å². The van der Waals surface area contributed by atoms with Gasteiger partial charge < -0.3 is 14.5 Å². The Balaban J connectivity index is 1.14. The number of aromatic nitrogens is 2. The lowest BCUT2D eigenvalue weighted by atomic mass is 9.88. The Hall–Kier alpha value is -6.11. The summed E-state index contributed by atoms with van der Waals surface area (Å²) in [6.45, 7) is 14.1. The van der Waals surface area contributed by atoms with Crippen LogP contribution in [0.5, 0.6) is 11.5 Å². The van der Waals surface area contributed by atoms with Crippen molar-refractivity contribution in [2.75, 3.05) is 16.5 Å². The summed E-state index contributed by atoms with van der Waals surface area (Å²) >= 11 is 1.80. The second-order valence-corrected chi connectivity index (χ2v) is 17.0. The van der Waals surface area contributed by atoms with Gasteiger partial charge in [-0.1, -0.05) is 93.1 Å². The maximum absolute atomic E-state index is 7.08. The maximum Gasteiger partial charge on any atom is 0.147 e. The summed E-state index contributed by atoms with van der Waals surface area (Å²) in [5.41, 5.74) is 12.0. The Morgan fingerprint density at radius 2 is 1.36 bits per heavy atom. The van der Waals surface area contributed by atoms with Crippen LogP contribution < -0.4 is 14.5 Å². The summed E-state index contributed by atoms with van der Waals surface area (Å²) in [7, 11) is 0. The first-order valence-corrected chi connectivity index (χ1v) is 19.8. The van der Waals surface area contributed by atoms with Gasteiger partial charge in [-0.15, -0.1) is 11.3 Å². The highest BCUT2D eigenvalue weighted by Gasteiger charge is 2.30. The molecule has 0 bridgehead atoms. The predicted octanol–water partition coefficient (Wildman–Crippen LogP) is 13.8. The number of benzene rings is 6. The molecule has 0 fully saturated rings. The van der Waals surface area contributed by atoms with Gasteiger partial charge in [-0.25, -0.2) is 4.98 Å². The zero-order chi connectivity index (χ0) is 37.6. The van der Waals surface area contributed by atoms with Crippen molar-refractivity contribution >= 4 is 76.1 Å². The fourth-order valence-electron chi connectivity index (χ4n) is 8.71. The molecular weight excluding hydrogens is 693 g/mol. The van der Waals surface area contributed by atoms with E-state index in [-0.39, 0.29) is 5.41 Å². The molecule has 10 rings (SSSR count). The van der Waals surface area contributed by atoms with E-state index in [4.69, 9.17) is 9.72 Å². The summed E-state index contributed by atoms with van der Waals surface area (Å²) in [4.78, 5) is 9.81. The van der Waals surface area contributed by atoms with E-state index in [1.54, 1.807) is 11.3 Å². The van der Waals surface area contributed by atoms with Crippen LogP contribution in [0.2, 0.25) is 0 Å². The lowest BCUT2D eigenvalue weighted by Crippen LogP contribution is -2.25. The lowest BCUT2D eigenvalue weighted by Gasteiger charge is -2.25. The smallest absolute Gasteiger partial charge is 0.147 e. The molecule has 0 radical (unpaired) electrons. The van der Waals surface area contributed by atoms with Gasteiger partial charge in [-0.05, 0) is 91.4 Å². The molecule has 9 aromatic rings. The molecular formula is C49H42N4OS. The molecule has 1 aliphatic heterocycles. The van der Waals surface area contributed by atoms with Crippen molar-refractivity contribution in [3.8, 4) is 17.3 Å². The fraction of sp³-hybridized carbons (Fsp3) is 0.163. The normalized spacial score (nSPS) is 13.1. The van der Waals surface area contributed by atoms with Crippen LogP contribution in [0.4, 0.5) is 22.7 Å². The van der Waals surface area contributed by atoms with Gasteiger partial charge in [-0.2, -0.15) is 0 Å². The topological polar surface area (TPSA) is 33.5 Å². The number of nitrogens with zero attached hydrogens (tertiary/aromatic N) is 4. The summed E-state index contributed by atoms with van der Waals surface area (Å²) in [6, 6.07) is 45.9. The van der Waals surface area contributed by atoms with E-state index in [9.17, 15) is 0 Å². The van der Waals surface area contributed by atoms with Gasteiger partial charge in [0, 0.05) is 55.9 Å². The van der Waals surface area contributed by atoms with Crippen LogP contribution >= 0.6 is 11.3 Å². The van der Waals surface area contributed by atoms with Gasteiger partial charge in [0.05, 0.1) is 27.1 Å². The van der Waals surface area contributed by atoms with Crippen molar-refractivity contribution in [1.82, 2.24) is 9.55 Å². The Kier molecular flexibility index (Phi) is 7.59. The molecule has 55 heavy (non-hydrogen) atoms. The minimum atomic E-state index is -0.0166. The molecule has 5 nitrogen and oxygen atoms in total. The number of ether oxygens (including phenoxy) is 1. The first-order chi connectivity index (χ1) is 26.6. The van der Waals surface area contributed by atoms with Gasteiger partial charge in [0.1, 0.15) is 24.0 Å². The number of hydrogen-bond acceptors (Lipinski definition) is 5. The van der Waals surface area contributed by atoms with Crippen LogP contribution in [0.15, 0.2) is 134 Å². The monoisotopic (exact) mass is 734 g/mol. The predicted molar refractivity (Wildman–Crippen MR) is 233 cm³/mol. The van der Waals surface area contributed by atoms with Gasteiger partial charge in [0.15, 0.2) is 0 Å². The summed E-state index contributed by atoms with van der Waals surface area (Å²) in [5.74, 6) is 2.54. The molecule has 0 aliphatic carbocycles. The number of para-hydroxylation sites is 3. The Morgan fingerprint density at radius 1 is 0.655 bits per heavy atom. The van der Waals surface area contributed by atoms with Crippen LogP contribution in [-0.4, -0.2) is 16.2 Å². The average molecular weight is 735 g/mol. The van der Waals surface area contributed by atoms with Gasteiger partial charge in [0.2, 0.25) is 0 Å². The van der Waals surface area contributed by atoms with Crippen molar-refractivity contribution in [2.24, 2.45) is 0 Å². The quantitative estimate of drug-likeness (QED) is 0.176. The standard InChI is InChI=1S/C49H42N4OS/c1-30-24-31(2)47(32(3)25-30)52-29-51(39-19-10-11-20-40(39)52)34-14-13-15-35(27-34)54-42-28-41-45(46-37-17-8-12-21-43(37)55-48(42)46)36-16-7-9-18-38(36)53(41)44-26-33(22-23-50-44)49(4,5)6/h7-28H,29H2,1-6H3. The Morgan fingerprint density at radius 3 is 2.15 bits per heavy atom. The highest BCUT2D eigenvalue weighted by Crippen LogP contribution is 2.50. The van der Waals surface area contributed by atoms with E-state index >= 15 is 0 Å². The van der Waals surface area contributed by atoms with Crippen LogP contribution in [0.3, 0.4) is 0 Å². The van der Waals surface area contributed by atoms with Gasteiger partial charge in [0.25, 0.3) is 0 Å². The second kappa shape index (κ2) is 12.5. The van der Waals surface area contributed by atoms with Crippen LogP contribution in [0.1, 0.15) is 43.0 Å². The molecule has 3 aromatic heterocycles. The van der Waals surface area contributed by atoms with Gasteiger partial charge >= 0.3 is 0 Å². The molecule has 0 unspecified atom stereocenters. The number of thiophene rings is 1. The van der Waals surface area contributed by atoms with E-state index in [1.165, 1.54) is 65.6 Å². The lowest BCUT2D eigenvalue weighted by molar-refractivity contribution is 0.489. The highest BCUT2D eigenvalue weighted by atomic mass is 32.1. The Labute approximate surface area is 325 Å². The number of fused-ring (bicyclic) bond motifs is 8. The van der Waals surface area contributed by atoms with Crippen molar-refractivity contribution in [3.63, 3.8) is 0 Å². The molecule has 6 aromatic carbocycles. The van der Waals surface area contributed by atoms with Crippen molar-refractivity contribution in [3.05, 3.63) is 156 Å². The molecule has 0 amide bonds. The first kappa shape index (κ1) is 33.5. The fourth-order valence-corrected chi connectivity index (χ4v) is 9.87. The third kappa shape index (κ3) is 5.38. The van der Waals surface area contributed by atoms with Gasteiger partial charge in [-0.3, -0.25) is 4.57 Å². The average Bonchev–Trinajstić information content (AvgIpc) is 3.85. The third-order valence-electron chi connectivity index (χ3n) is 11.1. The number of pyridine rings is 1. The van der Waals surface area contributed by atoms with Crippen LogP contribution in [0.25, 0.3) is 47.8 Å². The molecule has 0 saturated heterocycles. The molecule has 1 aliphatic rings. The van der Waals surface area contributed by atoms with E-state index in [2.05, 4.69) is 183 Å². The minimum absolute atomic E-state index is 0.0166. The molecule has 0 saturated carbocycles. The summed E-state index contributed by atoms with van der Waals surface area (Å²) < 4.78 is 11.8. The zero-order valence-corrected chi connectivity index (χ0v) is 32.8. The van der Waals surface area contributed by atoms with E-state index in [0.717, 1.165) is 38.7 Å². The molecule has 0 N–H and O–H groups in total. The van der Waals surface area contributed by atoms with Crippen molar-refractivity contribution in [1.29, 1.82) is 0 Å². The van der Waals surface area contributed by atoms with E-state index in [0.29, 0.717) is 6.67 Å². The number of rotatable bonds is 5. The van der Waals surface area contributed by atoms with Crippen molar-refractivity contribution < 1.29 is 4.74 Å². The van der Waals surface area contributed by atoms with Crippen molar-refractivity contribution in [2.45, 2.75) is 47.0 Å². The second-order valence-electron chi connectivity index (χ2n) is 15.9. The molecule has 270 valence electrons. The van der Waals surface area contributed by atoms with Crippen LogP contribution in [-0.2, 0) is 5.41 Å². The summed E-state index contributed by atoms with van der Waals surface area (Å²) in [6.07, 6.45) is 1.94. The molecule has 0 spiro atoms. The molecule has 0 atom stereocenters. The maximum atomic E-state index is 7.08. The highest BCUT2D eigenvalue weighted by molar-refractivity contribution is 7.26. The minimum Gasteiger partial charge on any atom is -0.456 e.